The van der Waals surface area contributed by atoms with E-state index in [2.05, 4.69) is 35.2 Å². The molecule has 0 saturated carbocycles. The van der Waals surface area contributed by atoms with E-state index in [0.29, 0.717) is 0 Å². The molecule has 0 fully saturated rings. The van der Waals surface area contributed by atoms with E-state index >= 15 is 0 Å². The van der Waals surface area contributed by atoms with Gasteiger partial charge >= 0.3 is 5.97 Å². The van der Waals surface area contributed by atoms with Crippen molar-refractivity contribution < 1.29 is 9.90 Å². The summed E-state index contributed by atoms with van der Waals surface area (Å²) in [7, 11) is 0. The third kappa shape index (κ3) is 2.97. The number of benzene rings is 2. The van der Waals surface area contributed by atoms with Gasteiger partial charge in [0, 0.05) is 24.9 Å². The van der Waals surface area contributed by atoms with Crippen LogP contribution >= 0.6 is 0 Å². The van der Waals surface area contributed by atoms with E-state index < -0.39 is 5.97 Å². The molecule has 3 nitrogen and oxygen atoms in total. The molecule has 2 aromatic rings. The van der Waals surface area contributed by atoms with E-state index in [4.69, 9.17) is 5.11 Å². The molecule has 0 aromatic heterocycles. The lowest BCUT2D eigenvalue weighted by Crippen LogP contribution is -2.20. The van der Waals surface area contributed by atoms with Gasteiger partial charge in [-0.3, -0.25) is 0 Å². The first-order chi connectivity index (χ1) is 10.2. The lowest BCUT2D eigenvalue weighted by molar-refractivity contribution is -0.131. The lowest BCUT2D eigenvalue weighted by Gasteiger charge is -2.20. The average Bonchev–Trinajstić information content (AvgIpc) is 2.90. The lowest BCUT2D eigenvalue weighted by atomic mass is 10.1. The topological polar surface area (TPSA) is 40.5 Å². The molecule has 0 atom stereocenters. The molecule has 3 heteroatoms. The molecule has 0 spiro atoms. The maximum atomic E-state index is 10.7. The summed E-state index contributed by atoms with van der Waals surface area (Å²) in [4.78, 5) is 13.0. The van der Waals surface area contributed by atoms with Gasteiger partial charge in [-0.25, -0.2) is 4.79 Å². The zero-order chi connectivity index (χ0) is 14.7. The number of para-hydroxylation sites is 1. The Balaban J connectivity index is 1.85. The highest BCUT2D eigenvalue weighted by Crippen LogP contribution is 2.29. The summed E-state index contributed by atoms with van der Waals surface area (Å²) >= 11 is 0. The number of nitrogens with zero attached hydrogens (tertiary/aromatic N) is 1. The van der Waals surface area contributed by atoms with E-state index in [0.717, 1.165) is 30.6 Å². The van der Waals surface area contributed by atoms with Crippen molar-refractivity contribution in [3.8, 4) is 0 Å². The van der Waals surface area contributed by atoms with E-state index in [-0.39, 0.29) is 0 Å². The minimum absolute atomic E-state index is 0.803. The number of carbonyl (C=O) groups is 1. The summed E-state index contributed by atoms with van der Waals surface area (Å²) in [6.45, 7) is 1.81. The van der Waals surface area contributed by atoms with Crippen molar-refractivity contribution >= 4 is 17.7 Å². The van der Waals surface area contributed by atoms with Crippen LogP contribution in [0.2, 0.25) is 0 Å². The van der Waals surface area contributed by atoms with Crippen molar-refractivity contribution in [2.24, 2.45) is 0 Å². The van der Waals surface area contributed by atoms with E-state index in [1.54, 1.807) is 6.08 Å². The normalized spacial score (nSPS) is 13.6. The van der Waals surface area contributed by atoms with Crippen LogP contribution in [0.5, 0.6) is 0 Å². The zero-order valence-corrected chi connectivity index (χ0v) is 11.7. The van der Waals surface area contributed by atoms with Gasteiger partial charge in [-0.1, -0.05) is 42.5 Å². The zero-order valence-electron chi connectivity index (χ0n) is 11.7. The Hall–Kier alpha value is -2.55. The Kier molecular flexibility index (Phi) is 3.73. The van der Waals surface area contributed by atoms with Crippen molar-refractivity contribution in [1.82, 2.24) is 0 Å². The van der Waals surface area contributed by atoms with Crippen LogP contribution in [-0.2, 0) is 17.8 Å². The molecule has 0 bridgehead atoms. The quantitative estimate of drug-likeness (QED) is 0.873. The van der Waals surface area contributed by atoms with Crippen LogP contribution in [0.4, 0.5) is 5.69 Å². The van der Waals surface area contributed by atoms with E-state index in [1.807, 2.05) is 18.2 Å². The SMILES string of the molecule is O=C(O)C=Cc1ccccc1CN1CCc2ccccc21. The summed E-state index contributed by atoms with van der Waals surface area (Å²) in [5, 5.41) is 8.78. The molecular weight excluding hydrogens is 262 g/mol. The van der Waals surface area contributed by atoms with Gasteiger partial charge in [0.25, 0.3) is 0 Å². The maximum absolute atomic E-state index is 10.7. The summed E-state index contributed by atoms with van der Waals surface area (Å²) in [6, 6.07) is 16.4. The third-order valence-electron chi connectivity index (χ3n) is 3.81. The largest absolute Gasteiger partial charge is 0.478 e. The second-order valence-corrected chi connectivity index (χ2v) is 5.17. The molecule has 0 unspecified atom stereocenters. The predicted molar refractivity (Wildman–Crippen MR) is 84.3 cm³/mol. The Bertz CT molecular complexity index is 691. The number of rotatable bonds is 4. The Morgan fingerprint density at radius 1 is 1.14 bits per heavy atom. The number of hydrogen-bond acceptors (Lipinski definition) is 2. The molecule has 1 aliphatic heterocycles. The van der Waals surface area contributed by atoms with Crippen LogP contribution in [0.25, 0.3) is 6.08 Å². The minimum atomic E-state index is -0.920. The van der Waals surface area contributed by atoms with Gasteiger partial charge in [-0.2, -0.15) is 0 Å². The third-order valence-corrected chi connectivity index (χ3v) is 3.81. The van der Waals surface area contributed by atoms with Crippen molar-refractivity contribution in [2.45, 2.75) is 13.0 Å². The van der Waals surface area contributed by atoms with Crippen LogP contribution in [-0.4, -0.2) is 17.6 Å². The van der Waals surface area contributed by atoms with Crippen molar-refractivity contribution in [2.75, 3.05) is 11.4 Å². The fraction of sp³-hybridized carbons (Fsp3) is 0.167. The van der Waals surface area contributed by atoms with Crippen LogP contribution in [0.15, 0.2) is 54.6 Å². The Labute approximate surface area is 124 Å². The molecule has 0 aliphatic carbocycles. The maximum Gasteiger partial charge on any atom is 0.328 e. The fourth-order valence-electron chi connectivity index (χ4n) is 2.78. The second-order valence-electron chi connectivity index (χ2n) is 5.17. The number of aliphatic carboxylic acids is 1. The minimum Gasteiger partial charge on any atom is -0.478 e. The molecule has 21 heavy (non-hydrogen) atoms. The molecule has 1 aliphatic rings. The van der Waals surface area contributed by atoms with Gasteiger partial charge in [0.1, 0.15) is 0 Å². The number of fused-ring (bicyclic) bond motifs is 1. The standard InChI is InChI=1S/C18H17NO2/c20-18(21)10-9-14-5-1-2-7-16(14)13-19-12-11-15-6-3-4-8-17(15)19/h1-10H,11-13H2,(H,20,21). The fourth-order valence-corrected chi connectivity index (χ4v) is 2.78. The van der Waals surface area contributed by atoms with Crippen LogP contribution in [0.3, 0.4) is 0 Å². The summed E-state index contributed by atoms with van der Waals surface area (Å²) < 4.78 is 0. The Morgan fingerprint density at radius 2 is 1.90 bits per heavy atom. The van der Waals surface area contributed by atoms with Gasteiger partial charge < -0.3 is 10.0 Å². The summed E-state index contributed by atoms with van der Waals surface area (Å²) in [5.41, 5.74) is 4.78. The molecular formula is C18H17NO2. The van der Waals surface area contributed by atoms with Gasteiger partial charge in [-0.15, -0.1) is 0 Å². The van der Waals surface area contributed by atoms with E-state index in [1.165, 1.54) is 17.3 Å². The number of anilines is 1. The van der Waals surface area contributed by atoms with Gasteiger partial charge in [0.05, 0.1) is 0 Å². The molecule has 1 N–H and O–H groups in total. The van der Waals surface area contributed by atoms with Crippen molar-refractivity contribution in [3.05, 3.63) is 71.3 Å². The molecule has 2 aromatic carbocycles. The van der Waals surface area contributed by atoms with Crippen LogP contribution in [0, 0.1) is 0 Å². The monoisotopic (exact) mass is 279 g/mol. The van der Waals surface area contributed by atoms with Crippen LogP contribution < -0.4 is 4.90 Å². The first kappa shape index (κ1) is 13.4. The van der Waals surface area contributed by atoms with Crippen molar-refractivity contribution in [3.63, 3.8) is 0 Å². The highest BCUT2D eigenvalue weighted by Gasteiger charge is 2.18. The van der Waals surface area contributed by atoms with Gasteiger partial charge in [-0.05, 0) is 35.3 Å². The molecule has 3 rings (SSSR count). The average molecular weight is 279 g/mol. The molecule has 106 valence electrons. The molecule has 0 radical (unpaired) electrons. The predicted octanol–water partition coefficient (Wildman–Crippen LogP) is 3.35. The first-order valence-electron chi connectivity index (χ1n) is 7.06. The Morgan fingerprint density at radius 3 is 2.76 bits per heavy atom. The van der Waals surface area contributed by atoms with Crippen molar-refractivity contribution in [1.29, 1.82) is 0 Å². The van der Waals surface area contributed by atoms with E-state index in [9.17, 15) is 4.79 Å². The molecule has 1 heterocycles. The number of carboxylic acid groups (broad SMARTS) is 1. The first-order valence-corrected chi connectivity index (χ1v) is 7.06. The number of hydrogen-bond donors (Lipinski definition) is 1. The highest BCUT2D eigenvalue weighted by molar-refractivity contribution is 5.85. The number of carboxylic acids is 1. The summed E-state index contributed by atoms with van der Waals surface area (Å²) in [6.07, 6.45) is 3.93. The second kappa shape index (κ2) is 5.83. The summed E-state index contributed by atoms with van der Waals surface area (Å²) in [5.74, 6) is -0.920. The van der Waals surface area contributed by atoms with Gasteiger partial charge in [0.2, 0.25) is 0 Å². The van der Waals surface area contributed by atoms with Crippen LogP contribution in [0.1, 0.15) is 16.7 Å². The smallest absolute Gasteiger partial charge is 0.328 e. The highest BCUT2D eigenvalue weighted by atomic mass is 16.4. The molecule has 0 saturated heterocycles. The van der Waals surface area contributed by atoms with Gasteiger partial charge in [0.15, 0.2) is 0 Å². The molecule has 0 amide bonds.